The summed E-state index contributed by atoms with van der Waals surface area (Å²) in [7, 11) is 0. The highest BCUT2D eigenvalue weighted by atomic mass is 35.5. The van der Waals surface area contributed by atoms with Crippen molar-refractivity contribution < 1.29 is 5.11 Å². The summed E-state index contributed by atoms with van der Waals surface area (Å²) in [5.41, 5.74) is 2.55. The molecule has 3 aromatic rings. The summed E-state index contributed by atoms with van der Waals surface area (Å²) in [5.74, 6) is 0.129. The van der Waals surface area contributed by atoms with E-state index in [-0.39, 0.29) is 17.8 Å². The molecule has 1 aliphatic heterocycles. The first kappa shape index (κ1) is 17.8. The van der Waals surface area contributed by atoms with Crippen LogP contribution < -0.4 is 10.2 Å². The number of halogens is 1. The molecule has 138 valence electrons. The Kier molecular flexibility index (Phi) is 4.76. The van der Waals surface area contributed by atoms with Crippen molar-refractivity contribution in [2.45, 2.75) is 25.6 Å². The van der Waals surface area contributed by atoms with Gasteiger partial charge in [0.25, 0.3) is 0 Å². The van der Waals surface area contributed by atoms with Crippen molar-refractivity contribution in [2.24, 2.45) is 0 Å². The maximum absolute atomic E-state index is 10.5. The summed E-state index contributed by atoms with van der Waals surface area (Å²) in [5, 5.41) is 14.9. The fraction of sp³-hybridized carbons (Fsp3) is 0.200. The number of hydrogen-bond acceptors (Lipinski definition) is 3. The number of pyridine rings is 1. The number of phenols is 1. The molecule has 7 heteroatoms. The minimum absolute atomic E-state index is 0.129. The van der Waals surface area contributed by atoms with Crippen LogP contribution in [0.25, 0.3) is 0 Å². The first-order valence-corrected chi connectivity index (χ1v) is 9.53. The molecule has 2 N–H and O–H groups in total. The molecule has 0 bridgehead atoms. The molecule has 1 fully saturated rings. The van der Waals surface area contributed by atoms with Gasteiger partial charge in [-0.15, -0.1) is 0 Å². The van der Waals surface area contributed by atoms with Crippen LogP contribution in [0, 0.1) is 0 Å². The molecule has 2 atom stereocenters. The molecule has 5 nitrogen and oxygen atoms in total. The average Bonchev–Trinajstić information content (AvgIpc) is 3.28. The van der Waals surface area contributed by atoms with Gasteiger partial charge in [-0.25, -0.2) is 0 Å². The number of aromatic nitrogens is 2. The Bertz CT molecular complexity index is 975. The lowest BCUT2D eigenvalue weighted by atomic mass is 10.0. The molecule has 0 unspecified atom stereocenters. The Hall–Kier alpha value is -2.57. The second-order valence-electron chi connectivity index (χ2n) is 6.35. The van der Waals surface area contributed by atoms with Crippen molar-refractivity contribution in [3.63, 3.8) is 0 Å². The minimum atomic E-state index is -0.174. The molecule has 0 amide bonds. The maximum Gasteiger partial charge on any atom is 0.174 e. The summed E-state index contributed by atoms with van der Waals surface area (Å²) < 4.78 is 2.17. The normalized spacial score (nSPS) is 19.3. The van der Waals surface area contributed by atoms with Crippen LogP contribution in [0.15, 0.2) is 60.9 Å². The van der Waals surface area contributed by atoms with Gasteiger partial charge in [0.2, 0.25) is 0 Å². The Morgan fingerprint density at radius 1 is 1.22 bits per heavy atom. The Morgan fingerprint density at radius 2 is 2.07 bits per heavy atom. The number of thiocarbonyl (C=S) groups is 1. The smallest absolute Gasteiger partial charge is 0.174 e. The molecule has 1 aromatic carbocycles. The number of nitrogens with zero attached hydrogens (tertiary/aromatic N) is 3. The van der Waals surface area contributed by atoms with Gasteiger partial charge in [-0.2, -0.15) is 0 Å². The number of phenolic OH excluding ortho intramolecular Hbond substituents is 1. The lowest BCUT2D eigenvalue weighted by Crippen LogP contribution is -2.30. The first-order chi connectivity index (χ1) is 13.1. The van der Waals surface area contributed by atoms with E-state index in [9.17, 15) is 5.11 Å². The fourth-order valence-corrected chi connectivity index (χ4v) is 4.09. The van der Waals surface area contributed by atoms with Crippen molar-refractivity contribution in [3.8, 4) is 5.75 Å². The fourth-order valence-electron chi connectivity index (χ4n) is 3.59. The van der Waals surface area contributed by atoms with E-state index < -0.39 is 0 Å². The molecule has 3 heterocycles. The number of benzene rings is 1. The minimum Gasteiger partial charge on any atom is -0.506 e. The highest BCUT2D eigenvalue weighted by Gasteiger charge is 2.42. The van der Waals surface area contributed by atoms with Crippen LogP contribution in [-0.2, 0) is 6.54 Å². The zero-order chi connectivity index (χ0) is 19.0. The van der Waals surface area contributed by atoms with E-state index in [1.165, 1.54) is 0 Å². The Labute approximate surface area is 168 Å². The highest BCUT2D eigenvalue weighted by Crippen LogP contribution is 2.44. The molecular weight excluding hydrogens is 380 g/mol. The number of aromatic hydroxyl groups is 1. The third-order valence-electron chi connectivity index (χ3n) is 4.80. The largest absolute Gasteiger partial charge is 0.506 e. The molecule has 27 heavy (non-hydrogen) atoms. The lowest BCUT2D eigenvalue weighted by molar-refractivity contribution is 0.470. The van der Waals surface area contributed by atoms with Gasteiger partial charge < -0.3 is 19.9 Å². The number of aryl methyl sites for hydroxylation is 1. The third-order valence-corrected chi connectivity index (χ3v) is 5.35. The number of anilines is 1. The molecule has 2 aromatic heterocycles. The van der Waals surface area contributed by atoms with Gasteiger partial charge in [0.15, 0.2) is 5.11 Å². The number of rotatable bonds is 4. The molecule has 0 spiro atoms. The van der Waals surface area contributed by atoms with E-state index in [1.807, 2.05) is 35.4 Å². The van der Waals surface area contributed by atoms with Crippen molar-refractivity contribution in [3.05, 3.63) is 77.3 Å². The van der Waals surface area contributed by atoms with Crippen molar-refractivity contribution in [2.75, 3.05) is 4.90 Å². The molecule has 0 saturated carbocycles. The van der Waals surface area contributed by atoms with Gasteiger partial charge in [-0.3, -0.25) is 4.98 Å². The molecule has 1 saturated heterocycles. The quantitative estimate of drug-likeness (QED) is 0.636. The van der Waals surface area contributed by atoms with Gasteiger partial charge in [0.05, 0.1) is 17.4 Å². The van der Waals surface area contributed by atoms with Crippen LogP contribution in [0.3, 0.4) is 0 Å². The van der Waals surface area contributed by atoms with Gasteiger partial charge in [-0.05, 0) is 61.6 Å². The van der Waals surface area contributed by atoms with E-state index in [1.54, 1.807) is 24.4 Å². The summed E-state index contributed by atoms with van der Waals surface area (Å²) in [6, 6.07) is 14.6. The van der Waals surface area contributed by atoms with Crippen molar-refractivity contribution in [1.29, 1.82) is 0 Å². The SMILES string of the molecule is CCn1cccc1[C@@H]1[C@H](c2ccccn2)NC(=S)N1c1cc(Cl)ccc1O. The van der Waals surface area contributed by atoms with Crippen LogP contribution in [0.2, 0.25) is 5.02 Å². The predicted molar refractivity (Wildman–Crippen MR) is 111 cm³/mol. The van der Waals surface area contributed by atoms with E-state index in [0.717, 1.165) is 17.9 Å². The second-order valence-corrected chi connectivity index (χ2v) is 7.17. The molecule has 0 aliphatic carbocycles. The van der Waals surface area contributed by atoms with Crippen LogP contribution in [0.4, 0.5) is 5.69 Å². The maximum atomic E-state index is 10.5. The van der Waals surface area contributed by atoms with Crippen LogP contribution in [0.5, 0.6) is 5.75 Å². The van der Waals surface area contributed by atoms with Crippen LogP contribution in [0.1, 0.15) is 30.4 Å². The van der Waals surface area contributed by atoms with Gasteiger partial charge in [0.1, 0.15) is 11.8 Å². The lowest BCUT2D eigenvalue weighted by Gasteiger charge is -2.29. The Morgan fingerprint density at radius 3 is 2.81 bits per heavy atom. The van der Waals surface area contributed by atoms with E-state index >= 15 is 0 Å². The van der Waals surface area contributed by atoms with Gasteiger partial charge in [-0.1, -0.05) is 17.7 Å². The summed E-state index contributed by atoms with van der Waals surface area (Å²) in [6.45, 7) is 2.93. The second kappa shape index (κ2) is 7.21. The zero-order valence-corrected chi connectivity index (χ0v) is 16.3. The molecule has 0 radical (unpaired) electrons. The summed E-state index contributed by atoms with van der Waals surface area (Å²) in [6.07, 6.45) is 3.82. The predicted octanol–water partition coefficient (Wildman–Crippen LogP) is 4.44. The van der Waals surface area contributed by atoms with E-state index in [0.29, 0.717) is 15.8 Å². The van der Waals surface area contributed by atoms with E-state index in [4.69, 9.17) is 23.8 Å². The molecular formula is C20H19ClN4OS. The first-order valence-electron chi connectivity index (χ1n) is 8.74. The van der Waals surface area contributed by atoms with Gasteiger partial charge in [0, 0.05) is 29.7 Å². The van der Waals surface area contributed by atoms with Gasteiger partial charge >= 0.3 is 0 Å². The average molecular weight is 399 g/mol. The molecule has 4 rings (SSSR count). The topological polar surface area (TPSA) is 53.3 Å². The van der Waals surface area contributed by atoms with Crippen LogP contribution >= 0.6 is 23.8 Å². The van der Waals surface area contributed by atoms with Crippen molar-refractivity contribution >= 4 is 34.6 Å². The van der Waals surface area contributed by atoms with Crippen molar-refractivity contribution in [1.82, 2.24) is 14.9 Å². The zero-order valence-electron chi connectivity index (χ0n) is 14.7. The number of nitrogens with one attached hydrogen (secondary N) is 1. The molecule has 1 aliphatic rings. The number of hydrogen-bond donors (Lipinski definition) is 2. The van der Waals surface area contributed by atoms with Crippen LogP contribution in [-0.4, -0.2) is 19.8 Å². The summed E-state index contributed by atoms with van der Waals surface area (Å²) in [4.78, 5) is 6.46. The summed E-state index contributed by atoms with van der Waals surface area (Å²) >= 11 is 11.9. The highest BCUT2D eigenvalue weighted by molar-refractivity contribution is 7.80. The third kappa shape index (κ3) is 3.15. The van der Waals surface area contributed by atoms with E-state index in [2.05, 4.69) is 27.9 Å². The monoisotopic (exact) mass is 398 g/mol. The standard InChI is InChI=1S/C20H19ClN4OS/c1-2-24-11-5-7-15(24)19-18(14-6-3-4-10-22-14)23-20(27)25(19)16-12-13(21)8-9-17(16)26/h3-12,18-19,26H,2H2,1H3,(H,23,27)/t18-,19+/m0/s1. The Balaban J connectivity index is 1.89.